The first-order chi connectivity index (χ1) is 13.1. The molecule has 6 nitrogen and oxygen atoms in total. The molecule has 0 spiro atoms. The summed E-state index contributed by atoms with van der Waals surface area (Å²) in [6.45, 7) is 7.52. The van der Waals surface area contributed by atoms with E-state index in [2.05, 4.69) is 29.0 Å². The molecule has 0 amide bonds. The number of hydrogen-bond donors (Lipinski definition) is 2. The van der Waals surface area contributed by atoms with Crippen LogP contribution in [0.1, 0.15) is 57.9 Å². The van der Waals surface area contributed by atoms with E-state index in [0.717, 1.165) is 62.8 Å². The maximum Gasteiger partial charge on any atom is 0.213 e. The Morgan fingerprint density at radius 1 is 1.26 bits per heavy atom. The summed E-state index contributed by atoms with van der Waals surface area (Å²) in [5, 5.41) is 13.1. The van der Waals surface area contributed by atoms with Crippen molar-refractivity contribution in [2.24, 2.45) is 10.9 Å². The number of nitrogens with one attached hydrogen (secondary N) is 1. The summed E-state index contributed by atoms with van der Waals surface area (Å²) in [5.41, 5.74) is 1.11. The molecule has 2 heterocycles. The molecule has 0 unspecified atom stereocenters. The highest BCUT2D eigenvalue weighted by Gasteiger charge is 2.21. The number of aliphatic imine (C=N–C) groups is 1. The van der Waals surface area contributed by atoms with E-state index in [0.29, 0.717) is 18.5 Å². The van der Waals surface area contributed by atoms with Crippen LogP contribution in [-0.4, -0.2) is 52.8 Å². The predicted octanol–water partition coefficient (Wildman–Crippen LogP) is 2.96. The van der Waals surface area contributed by atoms with Crippen molar-refractivity contribution in [3.05, 3.63) is 23.9 Å². The van der Waals surface area contributed by atoms with Gasteiger partial charge in [-0.05, 0) is 63.0 Å². The molecular weight excluding hydrogens is 340 g/mol. The highest BCUT2D eigenvalue weighted by molar-refractivity contribution is 5.80. The van der Waals surface area contributed by atoms with Crippen LogP contribution in [0.2, 0.25) is 0 Å². The average Bonchev–Trinajstić information content (AvgIpc) is 2.68. The fraction of sp³-hybridized carbons (Fsp3) is 0.714. The van der Waals surface area contributed by atoms with E-state index in [1.807, 2.05) is 18.3 Å². The lowest BCUT2D eigenvalue weighted by atomic mass is 9.89. The first kappa shape index (κ1) is 19.9. The van der Waals surface area contributed by atoms with Crippen LogP contribution in [0.3, 0.4) is 0 Å². The first-order valence-corrected chi connectivity index (χ1v) is 10.5. The summed E-state index contributed by atoms with van der Waals surface area (Å²) >= 11 is 0. The molecule has 150 valence electrons. The fourth-order valence-corrected chi connectivity index (χ4v) is 3.80. The molecule has 1 aliphatic heterocycles. The van der Waals surface area contributed by atoms with Crippen molar-refractivity contribution in [3.63, 3.8) is 0 Å². The van der Waals surface area contributed by atoms with Crippen LogP contribution in [-0.2, 0) is 6.54 Å². The van der Waals surface area contributed by atoms with Gasteiger partial charge in [0.2, 0.25) is 5.88 Å². The van der Waals surface area contributed by atoms with Crippen molar-refractivity contribution >= 4 is 5.96 Å². The third-order valence-corrected chi connectivity index (χ3v) is 5.56. The minimum atomic E-state index is -0.174. The molecule has 2 N–H and O–H groups in total. The van der Waals surface area contributed by atoms with E-state index < -0.39 is 0 Å². The second-order valence-corrected chi connectivity index (χ2v) is 7.89. The van der Waals surface area contributed by atoms with Crippen molar-refractivity contribution < 1.29 is 9.84 Å². The Balaban J connectivity index is 1.59. The Bertz CT molecular complexity index is 606. The molecule has 1 aromatic heterocycles. The molecule has 2 aliphatic rings. The second kappa shape index (κ2) is 9.93. The maximum absolute atomic E-state index is 9.72. The van der Waals surface area contributed by atoms with Crippen LogP contribution in [0.15, 0.2) is 23.3 Å². The van der Waals surface area contributed by atoms with Crippen LogP contribution < -0.4 is 10.1 Å². The molecule has 1 saturated heterocycles. The molecule has 6 heteroatoms. The maximum atomic E-state index is 9.72. The third kappa shape index (κ3) is 6.09. The highest BCUT2D eigenvalue weighted by Crippen LogP contribution is 2.26. The largest absolute Gasteiger partial charge is 0.474 e. The molecule has 27 heavy (non-hydrogen) atoms. The van der Waals surface area contributed by atoms with Gasteiger partial charge in [-0.3, -0.25) is 0 Å². The summed E-state index contributed by atoms with van der Waals surface area (Å²) < 4.78 is 6.11. The quantitative estimate of drug-likeness (QED) is 0.612. The van der Waals surface area contributed by atoms with Gasteiger partial charge >= 0.3 is 0 Å². The van der Waals surface area contributed by atoms with Crippen LogP contribution in [0.25, 0.3) is 0 Å². The molecule has 1 aromatic rings. The van der Waals surface area contributed by atoms with E-state index >= 15 is 0 Å². The Hall–Kier alpha value is -1.82. The summed E-state index contributed by atoms with van der Waals surface area (Å²) in [7, 11) is 0. The summed E-state index contributed by atoms with van der Waals surface area (Å²) in [6.07, 6.45) is 8.27. The topological polar surface area (TPSA) is 70.0 Å². The van der Waals surface area contributed by atoms with Crippen LogP contribution in [0.5, 0.6) is 5.88 Å². The number of aliphatic hydroxyl groups is 1. The number of aliphatic hydroxyl groups excluding tert-OH is 1. The number of piperidine rings is 1. The zero-order valence-electron chi connectivity index (χ0n) is 16.7. The van der Waals surface area contributed by atoms with Gasteiger partial charge in [-0.2, -0.15) is 0 Å². The molecule has 1 aliphatic carbocycles. The van der Waals surface area contributed by atoms with Crippen LogP contribution in [0, 0.1) is 5.92 Å². The minimum Gasteiger partial charge on any atom is -0.474 e. The molecule has 0 atom stereocenters. The molecule has 0 radical (unpaired) electrons. The van der Waals surface area contributed by atoms with Gasteiger partial charge in [-0.15, -0.1) is 0 Å². The van der Waals surface area contributed by atoms with E-state index in [4.69, 9.17) is 9.73 Å². The molecular formula is C21H34N4O2. The number of likely N-dealkylation sites (tertiary alicyclic amines) is 1. The van der Waals surface area contributed by atoms with E-state index in [-0.39, 0.29) is 6.10 Å². The van der Waals surface area contributed by atoms with Crippen LogP contribution >= 0.6 is 0 Å². The minimum absolute atomic E-state index is 0.174. The lowest BCUT2D eigenvalue weighted by Crippen LogP contribution is -2.46. The van der Waals surface area contributed by atoms with Gasteiger partial charge in [0.25, 0.3) is 0 Å². The normalized spacial score (nSPS) is 24.7. The Morgan fingerprint density at radius 2 is 2.00 bits per heavy atom. The SMILES string of the molecule is CCNC(=NCc1ccnc(OC2CCC(C)CC2)c1)N1CCC(O)CC1. The van der Waals surface area contributed by atoms with Crippen molar-refractivity contribution in [3.8, 4) is 5.88 Å². The average molecular weight is 375 g/mol. The third-order valence-electron chi connectivity index (χ3n) is 5.56. The van der Waals surface area contributed by atoms with Crippen molar-refractivity contribution in [2.75, 3.05) is 19.6 Å². The van der Waals surface area contributed by atoms with Crippen molar-refractivity contribution in [2.45, 2.75) is 71.1 Å². The van der Waals surface area contributed by atoms with Crippen LogP contribution in [0.4, 0.5) is 0 Å². The monoisotopic (exact) mass is 374 g/mol. The molecule has 0 bridgehead atoms. The molecule has 3 rings (SSSR count). The fourth-order valence-electron chi connectivity index (χ4n) is 3.80. The predicted molar refractivity (Wildman–Crippen MR) is 108 cm³/mol. The highest BCUT2D eigenvalue weighted by atomic mass is 16.5. The number of hydrogen-bond acceptors (Lipinski definition) is 4. The number of nitrogens with zero attached hydrogens (tertiary/aromatic N) is 3. The number of guanidine groups is 1. The van der Waals surface area contributed by atoms with E-state index in [1.165, 1.54) is 12.8 Å². The standard InChI is InChI=1S/C21H34N4O2/c1-3-22-21(25-12-9-18(26)10-13-25)24-15-17-8-11-23-20(14-17)27-19-6-4-16(2)5-7-19/h8,11,14,16,18-19,26H,3-7,9-10,12-13,15H2,1-2H3,(H,22,24). The molecule has 0 aromatic carbocycles. The van der Waals surface area contributed by atoms with Gasteiger partial charge < -0.3 is 20.1 Å². The van der Waals surface area contributed by atoms with Gasteiger partial charge in [0.15, 0.2) is 5.96 Å². The Kier molecular flexibility index (Phi) is 7.33. The lowest BCUT2D eigenvalue weighted by molar-refractivity contribution is 0.108. The van der Waals surface area contributed by atoms with Gasteiger partial charge in [0.05, 0.1) is 12.6 Å². The number of ether oxygens (including phenoxy) is 1. The Labute approximate surface area is 163 Å². The first-order valence-electron chi connectivity index (χ1n) is 10.5. The van der Waals surface area contributed by atoms with Crippen molar-refractivity contribution in [1.82, 2.24) is 15.2 Å². The number of pyridine rings is 1. The van der Waals surface area contributed by atoms with Gasteiger partial charge in [-0.25, -0.2) is 9.98 Å². The van der Waals surface area contributed by atoms with Crippen molar-refractivity contribution in [1.29, 1.82) is 0 Å². The van der Waals surface area contributed by atoms with E-state index in [9.17, 15) is 5.11 Å². The van der Waals surface area contributed by atoms with Gasteiger partial charge in [0.1, 0.15) is 6.10 Å². The molecule has 2 fully saturated rings. The van der Waals surface area contributed by atoms with Gasteiger partial charge in [0, 0.05) is 31.9 Å². The lowest BCUT2D eigenvalue weighted by Gasteiger charge is -2.32. The smallest absolute Gasteiger partial charge is 0.213 e. The van der Waals surface area contributed by atoms with E-state index in [1.54, 1.807) is 0 Å². The zero-order chi connectivity index (χ0) is 19.1. The summed E-state index contributed by atoms with van der Waals surface area (Å²) in [6, 6.07) is 4.02. The Morgan fingerprint density at radius 3 is 2.70 bits per heavy atom. The number of rotatable bonds is 5. The second-order valence-electron chi connectivity index (χ2n) is 7.89. The number of aromatic nitrogens is 1. The zero-order valence-corrected chi connectivity index (χ0v) is 16.7. The molecule has 1 saturated carbocycles. The van der Waals surface area contributed by atoms with Gasteiger partial charge in [-0.1, -0.05) is 6.92 Å². The summed E-state index contributed by atoms with van der Waals surface area (Å²) in [4.78, 5) is 11.4. The summed E-state index contributed by atoms with van der Waals surface area (Å²) in [5.74, 6) is 2.46.